The molecule has 0 aliphatic carbocycles. The van der Waals surface area contributed by atoms with E-state index in [1.165, 1.54) is 77.3 Å². The lowest BCUT2D eigenvalue weighted by Crippen LogP contribution is -2.29. The Bertz CT molecular complexity index is 202. The molecule has 1 rings (SSSR count). The highest BCUT2D eigenvalue weighted by Gasteiger charge is 2.11. The van der Waals surface area contributed by atoms with Gasteiger partial charge in [0.05, 0.1) is 0 Å². The first kappa shape index (κ1) is 14.6. The molecule has 100 valence electrons. The summed E-state index contributed by atoms with van der Waals surface area (Å²) in [6.45, 7) is 7.10. The first-order valence-corrected chi connectivity index (χ1v) is 7.78. The number of rotatable bonds is 8. The molecule has 0 amide bonds. The molecular weight excluding hydrogens is 206 g/mol. The van der Waals surface area contributed by atoms with Gasteiger partial charge in [0.1, 0.15) is 0 Å². The van der Waals surface area contributed by atoms with Gasteiger partial charge in [0.25, 0.3) is 0 Å². The van der Waals surface area contributed by atoms with Gasteiger partial charge in [-0.1, -0.05) is 45.1 Å². The molecule has 0 aromatic carbocycles. The lowest BCUT2D eigenvalue weighted by molar-refractivity contribution is 0.274. The summed E-state index contributed by atoms with van der Waals surface area (Å²) in [6.07, 6.45) is 16.3. The highest BCUT2D eigenvalue weighted by Crippen LogP contribution is 2.19. The van der Waals surface area contributed by atoms with Gasteiger partial charge < -0.3 is 4.90 Å². The SMILES string of the molecule is C/C=C(/CCCCCCCC)N1CCCCC1. The zero-order valence-electron chi connectivity index (χ0n) is 12.0. The van der Waals surface area contributed by atoms with Gasteiger partial charge >= 0.3 is 0 Å². The average Bonchev–Trinajstić information content (AvgIpc) is 2.39. The standard InChI is InChI=1S/C16H31N/c1-3-5-6-7-8-10-13-16(4-2)17-14-11-9-12-15-17/h4H,3,5-15H2,1-2H3/b16-4-. The fraction of sp³-hybridized carbons (Fsp3) is 0.875. The molecule has 1 nitrogen and oxygen atoms in total. The van der Waals surface area contributed by atoms with Crippen molar-refractivity contribution in [3.05, 3.63) is 11.8 Å². The van der Waals surface area contributed by atoms with Gasteiger partial charge in [0, 0.05) is 18.8 Å². The molecule has 1 saturated heterocycles. The highest BCUT2D eigenvalue weighted by molar-refractivity contribution is 5.00. The Morgan fingerprint density at radius 3 is 2.24 bits per heavy atom. The first-order valence-electron chi connectivity index (χ1n) is 7.78. The molecule has 0 aromatic heterocycles. The molecule has 1 heteroatoms. The molecular formula is C16H31N. The number of likely N-dealkylation sites (tertiary alicyclic amines) is 1. The maximum absolute atomic E-state index is 2.62. The van der Waals surface area contributed by atoms with Gasteiger partial charge in [-0.15, -0.1) is 0 Å². The topological polar surface area (TPSA) is 3.24 Å². The van der Waals surface area contributed by atoms with Crippen molar-refractivity contribution in [3.63, 3.8) is 0 Å². The second-order valence-electron chi connectivity index (χ2n) is 5.35. The Hall–Kier alpha value is -0.460. The van der Waals surface area contributed by atoms with Gasteiger partial charge in [-0.05, 0) is 39.0 Å². The average molecular weight is 237 g/mol. The quantitative estimate of drug-likeness (QED) is 0.529. The van der Waals surface area contributed by atoms with E-state index >= 15 is 0 Å². The summed E-state index contributed by atoms with van der Waals surface area (Å²) in [5.41, 5.74) is 1.61. The number of piperidine rings is 1. The molecule has 1 heterocycles. The van der Waals surface area contributed by atoms with E-state index < -0.39 is 0 Å². The van der Waals surface area contributed by atoms with Crippen molar-refractivity contribution >= 4 is 0 Å². The monoisotopic (exact) mass is 237 g/mol. The van der Waals surface area contributed by atoms with Gasteiger partial charge in [-0.25, -0.2) is 0 Å². The van der Waals surface area contributed by atoms with Crippen LogP contribution in [0.4, 0.5) is 0 Å². The maximum atomic E-state index is 2.62. The van der Waals surface area contributed by atoms with E-state index in [2.05, 4.69) is 24.8 Å². The van der Waals surface area contributed by atoms with Crippen LogP contribution in [0.2, 0.25) is 0 Å². The fourth-order valence-corrected chi connectivity index (χ4v) is 2.75. The smallest absolute Gasteiger partial charge is 0.0174 e. The summed E-state index contributed by atoms with van der Waals surface area (Å²) >= 11 is 0. The third-order valence-electron chi connectivity index (χ3n) is 3.88. The molecule has 1 aliphatic rings. The molecule has 0 aromatic rings. The van der Waals surface area contributed by atoms with Crippen LogP contribution in [0, 0.1) is 0 Å². The van der Waals surface area contributed by atoms with Crippen LogP contribution >= 0.6 is 0 Å². The highest BCUT2D eigenvalue weighted by atomic mass is 15.1. The van der Waals surface area contributed by atoms with Crippen molar-refractivity contribution in [1.29, 1.82) is 0 Å². The number of hydrogen-bond donors (Lipinski definition) is 0. The van der Waals surface area contributed by atoms with E-state index in [0.717, 1.165) is 0 Å². The zero-order valence-corrected chi connectivity index (χ0v) is 12.0. The van der Waals surface area contributed by atoms with Crippen LogP contribution in [-0.2, 0) is 0 Å². The second-order valence-corrected chi connectivity index (χ2v) is 5.35. The lowest BCUT2D eigenvalue weighted by Gasteiger charge is -2.31. The molecule has 0 spiro atoms. The number of allylic oxidation sites excluding steroid dienone is 2. The normalized spacial score (nSPS) is 17.5. The minimum absolute atomic E-state index is 1.30. The fourth-order valence-electron chi connectivity index (χ4n) is 2.75. The Balaban J connectivity index is 2.10. The Labute approximate surface area is 108 Å². The van der Waals surface area contributed by atoms with Crippen molar-refractivity contribution in [2.75, 3.05) is 13.1 Å². The van der Waals surface area contributed by atoms with Crippen LogP contribution in [-0.4, -0.2) is 18.0 Å². The summed E-state index contributed by atoms with van der Waals surface area (Å²) < 4.78 is 0. The van der Waals surface area contributed by atoms with Crippen molar-refractivity contribution in [1.82, 2.24) is 4.90 Å². The molecule has 0 bridgehead atoms. The second kappa shape index (κ2) is 9.56. The molecule has 1 aliphatic heterocycles. The Morgan fingerprint density at radius 1 is 0.941 bits per heavy atom. The number of unbranched alkanes of at least 4 members (excludes halogenated alkanes) is 5. The molecule has 0 saturated carbocycles. The summed E-state index contributed by atoms with van der Waals surface area (Å²) in [7, 11) is 0. The van der Waals surface area contributed by atoms with Gasteiger partial charge in [-0.2, -0.15) is 0 Å². The minimum atomic E-state index is 1.30. The number of hydrogen-bond acceptors (Lipinski definition) is 1. The third-order valence-corrected chi connectivity index (χ3v) is 3.88. The summed E-state index contributed by atoms with van der Waals surface area (Å²) in [4.78, 5) is 2.62. The van der Waals surface area contributed by atoms with Crippen LogP contribution in [0.25, 0.3) is 0 Å². The lowest BCUT2D eigenvalue weighted by atomic mass is 10.1. The van der Waals surface area contributed by atoms with Gasteiger partial charge in [0.15, 0.2) is 0 Å². The molecule has 0 N–H and O–H groups in total. The predicted octanol–water partition coefficient (Wildman–Crippen LogP) is 5.13. The molecule has 0 atom stereocenters. The number of nitrogens with zero attached hydrogens (tertiary/aromatic N) is 1. The minimum Gasteiger partial charge on any atom is -0.375 e. The van der Waals surface area contributed by atoms with E-state index in [1.807, 2.05) is 0 Å². The van der Waals surface area contributed by atoms with Gasteiger partial charge in [0.2, 0.25) is 0 Å². The van der Waals surface area contributed by atoms with E-state index in [-0.39, 0.29) is 0 Å². The van der Waals surface area contributed by atoms with E-state index in [9.17, 15) is 0 Å². The van der Waals surface area contributed by atoms with Crippen LogP contribution < -0.4 is 0 Å². The zero-order chi connectivity index (χ0) is 12.3. The van der Waals surface area contributed by atoms with Gasteiger partial charge in [-0.3, -0.25) is 0 Å². The maximum Gasteiger partial charge on any atom is 0.0174 e. The van der Waals surface area contributed by atoms with Crippen molar-refractivity contribution in [2.45, 2.75) is 78.1 Å². The van der Waals surface area contributed by atoms with Crippen LogP contribution in [0.1, 0.15) is 78.1 Å². The van der Waals surface area contributed by atoms with E-state index in [0.29, 0.717) is 0 Å². The van der Waals surface area contributed by atoms with Crippen LogP contribution in [0.3, 0.4) is 0 Å². The Kier molecular flexibility index (Phi) is 8.21. The molecule has 17 heavy (non-hydrogen) atoms. The van der Waals surface area contributed by atoms with Crippen LogP contribution in [0.5, 0.6) is 0 Å². The van der Waals surface area contributed by atoms with E-state index in [1.54, 1.807) is 5.70 Å². The van der Waals surface area contributed by atoms with Crippen LogP contribution in [0.15, 0.2) is 11.8 Å². The third kappa shape index (κ3) is 6.14. The van der Waals surface area contributed by atoms with Crippen molar-refractivity contribution in [2.24, 2.45) is 0 Å². The molecule has 0 radical (unpaired) electrons. The largest absolute Gasteiger partial charge is 0.375 e. The summed E-state index contributed by atoms with van der Waals surface area (Å²) in [5, 5.41) is 0. The Morgan fingerprint density at radius 2 is 1.59 bits per heavy atom. The first-order chi connectivity index (χ1) is 8.38. The van der Waals surface area contributed by atoms with Crippen molar-refractivity contribution < 1.29 is 0 Å². The predicted molar refractivity (Wildman–Crippen MR) is 77.2 cm³/mol. The summed E-state index contributed by atoms with van der Waals surface area (Å²) in [5.74, 6) is 0. The van der Waals surface area contributed by atoms with E-state index in [4.69, 9.17) is 0 Å². The van der Waals surface area contributed by atoms with Crippen molar-refractivity contribution in [3.8, 4) is 0 Å². The summed E-state index contributed by atoms with van der Waals surface area (Å²) in [6, 6.07) is 0. The molecule has 0 unspecified atom stereocenters. The molecule has 1 fully saturated rings.